The highest BCUT2D eigenvalue weighted by molar-refractivity contribution is 5.72. The average Bonchev–Trinajstić information content (AvgIpc) is 2.46. The molecule has 5 nitrogen and oxygen atoms in total. The van der Waals surface area contributed by atoms with E-state index >= 15 is 0 Å². The lowest BCUT2D eigenvalue weighted by atomic mass is 10.2. The Kier molecular flexibility index (Phi) is 9.95. The summed E-state index contributed by atoms with van der Waals surface area (Å²) in [5, 5.41) is 1.87. The number of allylic oxidation sites excluding steroid dienone is 1. The number of hydrogen-bond donors (Lipinski definition) is 1. The van der Waals surface area contributed by atoms with Crippen LogP contribution >= 0.6 is 0 Å². The molecule has 0 bridgehead atoms. The summed E-state index contributed by atoms with van der Waals surface area (Å²) >= 11 is 0. The fraction of sp³-hybridized carbons (Fsp3) is 0.562. The molecule has 0 aliphatic carbocycles. The highest BCUT2D eigenvalue weighted by Crippen LogP contribution is 2.13. The topological polar surface area (TPSA) is 38.8 Å². The second-order valence-electron chi connectivity index (χ2n) is 5.17. The van der Waals surface area contributed by atoms with E-state index < -0.39 is 0 Å². The molecule has 126 valence electrons. The normalized spacial score (nSPS) is 12.3. The van der Waals surface area contributed by atoms with E-state index in [1.807, 2.05) is 25.9 Å². The van der Waals surface area contributed by atoms with Gasteiger partial charge in [0.15, 0.2) is 0 Å². The molecule has 0 fully saturated rings. The number of rotatable bonds is 10. The molecule has 0 aliphatic rings. The first-order valence-electron chi connectivity index (χ1n) is 7.38. The third-order valence-electron chi connectivity index (χ3n) is 3.41. The summed E-state index contributed by atoms with van der Waals surface area (Å²) in [5.41, 5.74) is 4.83. The summed E-state index contributed by atoms with van der Waals surface area (Å²) in [4.78, 5) is 15.0. The lowest BCUT2D eigenvalue weighted by Crippen LogP contribution is -2.36. The predicted octanol–water partition coefficient (Wildman–Crippen LogP) is 2.12. The summed E-state index contributed by atoms with van der Waals surface area (Å²) in [6.45, 7) is 11.8. The van der Waals surface area contributed by atoms with Crippen LogP contribution in [0.1, 0.15) is 20.8 Å². The molecular weight excluding hydrogens is 283 g/mol. The van der Waals surface area contributed by atoms with Gasteiger partial charge in [-0.05, 0) is 25.5 Å². The van der Waals surface area contributed by atoms with Crippen LogP contribution in [0.3, 0.4) is 0 Å². The SMILES string of the molecule is C=CNN(C)C/C(C)=C(/C=C/F)N(CC)CCN(C)C(C)=O. The van der Waals surface area contributed by atoms with Crippen molar-refractivity contribution >= 4 is 5.91 Å². The molecule has 0 aromatic rings. The van der Waals surface area contributed by atoms with Gasteiger partial charge in [-0.1, -0.05) is 6.58 Å². The Morgan fingerprint density at radius 1 is 1.27 bits per heavy atom. The van der Waals surface area contributed by atoms with E-state index in [0.29, 0.717) is 26.0 Å². The Morgan fingerprint density at radius 3 is 2.36 bits per heavy atom. The van der Waals surface area contributed by atoms with Gasteiger partial charge in [0, 0.05) is 59.1 Å². The van der Waals surface area contributed by atoms with Crippen LogP contribution in [0, 0.1) is 0 Å². The van der Waals surface area contributed by atoms with Gasteiger partial charge < -0.3 is 15.2 Å². The number of nitrogens with zero attached hydrogens (tertiary/aromatic N) is 3. The highest BCUT2D eigenvalue weighted by Gasteiger charge is 2.12. The molecule has 0 atom stereocenters. The van der Waals surface area contributed by atoms with Gasteiger partial charge in [0.1, 0.15) is 0 Å². The smallest absolute Gasteiger partial charge is 0.219 e. The minimum Gasteiger partial charge on any atom is -0.370 e. The molecule has 0 radical (unpaired) electrons. The van der Waals surface area contributed by atoms with Gasteiger partial charge in [-0.3, -0.25) is 4.79 Å². The van der Waals surface area contributed by atoms with E-state index in [1.165, 1.54) is 13.0 Å². The second kappa shape index (κ2) is 10.8. The van der Waals surface area contributed by atoms with E-state index in [9.17, 15) is 9.18 Å². The van der Waals surface area contributed by atoms with Crippen molar-refractivity contribution in [1.29, 1.82) is 0 Å². The fourth-order valence-corrected chi connectivity index (χ4v) is 2.09. The quantitative estimate of drug-likeness (QED) is 0.495. The number of carbonyl (C=O) groups is 1. The third kappa shape index (κ3) is 7.26. The molecule has 0 aromatic carbocycles. The number of nitrogens with one attached hydrogen (secondary N) is 1. The lowest BCUT2D eigenvalue weighted by molar-refractivity contribution is -0.127. The van der Waals surface area contributed by atoms with E-state index in [0.717, 1.165) is 17.8 Å². The van der Waals surface area contributed by atoms with Crippen LogP contribution in [0.15, 0.2) is 36.5 Å². The first-order chi connectivity index (χ1) is 10.4. The summed E-state index contributed by atoms with van der Waals surface area (Å²) in [6, 6.07) is 0. The van der Waals surface area contributed by atoms with Gasteiger partial charge in [0.2, 0.25) is 5.91 Å². The molecule has 0 saturated carbocycles. The van der Waals surface area contributed by atoms with Crippen LogP contribution in [0.2, 0.25) is 0 Å². The lowest BCUT2D eigenvalue weighted by Gasteiger charge is -2.29. The van der Waals surface area contributed by atoms with E-state index in [-0.39, 0.29) is 5.91 Å². The molecule has 22 heavy (non-hydrogen) atoms. The Balaban J connectivity index is 5.06. The molecule has 1 N–H and O–H groups in total. The van der Waals surface area contributed by atoms with E-state index in [4.69, 9.17) is 0 Å². The largest absolute Gasteiger partial charge is 0.370 e. The van der Waals surface area contributed by atoms with Crippen molar-refractivity contribution in [2.75, 3.05) is 40.3 Å². The maximum atomic E-state index is 12.8. The van der Waals surface area contributed by atoms with Gasteiger partial charge in [-0.25, -0.2) is 9.40 Å². The zero-order chi connectivity index (χ0) is 17.1. The van der Waals surface area contributed by atoms with E-state index in [1.54, 1.807) is 18.1 Å². The van der Waals surface area contributed by atoms with Crippen molar-refractivity contribution in [2.45, 2.75) is 20.8 Å². The maximum absolute atomic E-state index is 12.8. The predicted molar refractivity (Wildman–Crippen MR) is 89.5 cm³/mol. The van der Waals surface area contributed by atoms with Crippen molar-refractivity contribution < 1.29 is 9.18 Å². The van der Waals surface area contributed by atoms with Crippen molar-refractivity contribution in [3.63, 3.8) is 0 Å². The van der Waals surface area contributed by atoms with Crippen molar-refractivity contribution in [3.05, 3.63) is 36.5 Å². The molecular formula is C16H29FN4O. The molecule has 1 amide bonds. The Bertz CT molecular complexity index is 420. The summed E-state index contributed by atoms with van der Waals surface area (Å²) in [7, 11) is 3.65. The average molecular weight is 312 g/mol. The minimum absolute atomic E-state index is 0.0225. The molecule has 0 heterocycles. The van der Waals surface area contributed by atoms with Gasteiger partial charge in [-0.15, -0.1) is 0 Å². The number of likely N-dealkylation sites (N-methyl/N-ethyl adjacent to an activating group) is 3. The Morgan fingerprint density at radius 2 is 1.91 bits per heavy atom. The van der Waals surface area contributed by atoms with Crippen molar-refractivity contribution in [1.82, 2.24) is 20.2 Å². The number of hydrazine groups is 1. The number of halogens is 1. The summed E-state index contributed by atoms with van der Waals surface area (Å²) in [5.74, 6) is 0.0225. The van der Waals surface area contributed by atoms with Crippen LogP contribution in [-0.4, -0.2) is 61.0 Å². The summed E-state index contributed by atoms with van der Waals surface area (Å²) in [6.07, 6.45) is 3.61. The van der Waals surface area contributed by atoms with Gasteiger partial charge in [0.25, 0.3) is 0 Å². The molecule has 0 aromatic heterocycles. The highest BCUT2D eigenvalue weighted by atomic mass is 19.1. The molecule has 0 aliphatic heterocycles. The molecule has 0 spiro atoms. The number of hydrogen-bond acceptors (Lipinski definition) is 4. The van der Waals surface area contributed by atoms with Gasteiger partial charge >= 0.3 is 0 Å². The number of amides is 1. The second-order valence-corrected chi connectivity index (χ2v) is 5.17. The monoisotopic (exact) mass is 312 g/mol. The van der Waals surface area contributed by atoms with Crippen LogP contribution in [0.25, 0.3) is 0 Å². The standard InChI is InChI=1S/C16H29FN4O/c1-7-18-20(6)13-14(3)16(9-10-17)21(8-2)12-11-19(5)15(4)22/h7,9-10,18H,1,8,11-13H2,2-6H3/b10-9+,16-14-. The minimum atomic E-state index is 0.0225. The van der Waals surface area contributed by atoms with Crippen molar-refractivity contribution in [3.8, 4) is 0 Å². The summed E-state index contributed by atoms with van der Waals surface area (Å²) < 4.78 is 12.8. The van der Waals surface area contributed by atoms with Crippen LogP contribution in [0.5, 0.6) is 0 Å². The molecule has 6 heteroatoms. The van der Waals surface area contributed by atoms with Crippen LogP contribution in [-0.2, 0) is 4.79 Å². The Labute approximate surface area is 133 Å². The molecule has 0 saturated heterocycles. The number of carbonyl (C=O) groups excluding carboxylic acids is 1. The van der Waals surface area contributed by atoms with E-state index in [2.05, 4.69) is 16.9 Å². The molecule has 0 rings (SSSR count). The van der Waals surface area contributed by atoms with Crippen LogP contribution in [0.4, 0.5) is 4.39 Å². The zero-order valence-corrected chi connectivity index (χ0v) is 14.4. The maximum Gasteiger partial charge on any atom is 0.219 e. The van der Waals surface area contributed by atoms with Gasteiger partial charge in [-0.2, -0.15) is 0 Å². The zero-order valence-electron chi connectivity index (χ0n) is 14.4. The third-order valence-corrected chi connectivity index (χ3v) is 3.41. The van der Waals surface area contributed by atoms with Crippen molar-refractivity contribution in [2.24, 2.45) is 0 Å². The van der Waals surface area contributed by atoms with Crippen LogP contribution < -0.4 is 5.43 Å². The van der Waals surface area contributed by atoms with Gasteiger partial charge in [0.05, 0.1) is 6.33 Å². The first-order valence-corrected chi connectivity index (χ1v) is 7.38. The fourth-order valence-electron chi connectivity index (χ4n) is 2.09. The Hall–Kier alpha value is -1.82. The first kappa shape index (κ1) is 20.2. The molecule has 0 unspecified atom stereocenters.